The zero-order chi connectivity index (χ0) is 26.1. The molecule has 0 spiro atoms. The number of nitrogens with one attached hydrogen (secondary N) is 2. The Bertz CT molecular complexity index is 1610. The summed E-state index contributed by atoms with van der Waals surface area (Å²) in [6, 6.07) is 13.4. The van der Waals surface area contributed by atoms with Gasteiger partial charge in [0.2, 0.25) is 0 Å². The number of benzene rings is 1. The van der Waals surface area contributed by atoms with Gasteiger partial charge in [-0.2, -0.15) is 5.10 Å². The van der Waals surface area contributed by atoms with Gasteiger partial charge in [0.05, 0.1) is 27.6 Å². The molecule has 0 unspecified atom stereocenters. The summed E-state index contributed by atoms with van der Waals surface area (Å²) in [5, 5.41) is 7.51. The van der Waals surface area contributed by atoms with Gasteiger partial charge in [0, 0.05) is 11.8 Å². The third-order valence-corrected chi connectivity index (χ3v) is 7.76. The first-order valence-corrected chi connectivity index (χ1v) is 14.3. The van der Waals surface area contributed by atoms with Crippen LogP contribution in [0.2, 0.25) is 0 Å². The van der Waals surface area contributed by atoms with E-state index in [1.807, 2.05) is 47.8 Å². The average molecular weight is 551 g/mol. The van der Waals surface area contributed by atoms with Gasteiger partial charge in [0.15, 0.2) is 10.3 Å². The van der Waals surface area contributed by atoms with Crippen LogP contribution in [-0.4, -0.2) is 42.2 Å². The van der Waals surface area contributed by atoms with Gasteiger partial charge in [0.25, 0.3) is 11.1 Å². The normalized spacial score (nSPS) is 11.3. The molecule has 0 aliphatic rings. The molecule has 188 valence electrons. The molecule has 0 amide bonds. The summed E-state index contributed by atoms with van der Waals surface area (Å²) < 4.78 is 1.71. The molecule has 13 heteroatoms. The number of para-hydroxylation sites is 1. The van der Waals surface area contributed by atoms with Crippen molar-refractivity contribution in [2.45, 2.75) is 16.2 Å². The van der Waals surface area contributed by atoms with E-state index in [0.717, 1.165) is 10.6 Å². The van der Waals surface area contributed by atoms with E-state index in [2.05, 4.69) is 19.9 Å². The van der Waals surface area contributed by atoms with E-state index in [-0.39, 0.29) is 22.8 Å². The third-order valence-electron chi connectivity index (χ3n) is 5.72. The second-order valence-electron chi connectivity index (χ2n) is 7.87. The van der Waals surface area contributed by atoms with Crippen LogP contribution in [0, 0.1) is 0 Å². The maximum absolute atomic E-state index is 13.4. The van der Waals surface area contributed by atoms with E-state index < -0.39 is 17.0 Å². The lowest BCUT2D eigenvalue weighted by Gasteiger charge is -2.19. The van der Waals surface area contributed by atoms with Crippen molar-refractivity contribution < 1.29 is 0 Å². The second kappa shape index (κ2) is 10.3. The Morgan fingerprint density at radius 2 is 1.49 bits per heavy atom. The molecule has 0 bridgehead atoms. The number of nitrogens with two attached hydrogens (primary N) is 2. The number of nitrogens with zero attached hydrogens (tertiary/aromatic N) is 4. The molecule has 4 heterocycles. The molecule has 10 nitrogen and oxygen atoms in total. The summed E-state index contributed by atoms with van der Waals surface area (Å²) in [4.78, 5) is 41.9. The van der Waals surface area contributed by atoms with Gasteiger partial charge in [-0.3, -0.25) is 9.59 Å². The molecule has 5 aromatic rings. The number of hydrogen-bond acceptors (Lipinski definition) is 10. The Hall–Kier alpha value is -3.81. The topological polar surface area (TPSA) is 161 Å². The minimum absolute atomic E-state index is 0.00423. The predicted molar refractivity (Wildman–Crippen MR) is 150 cm³/mol. The standard InChI is InChI=1S/C24H22N8O2S3/c1-35-23-27-19(25)16(21(33)29-23)15(17-20(26)28-24(36-2)30-22(17)34)13-11-32(12-7-4-3-5-8-12)31-18(13)14-9-6-10-37-14/h3-11,15H,1-2H3,(H3,25,27,29,33)(H3,26,28,30,34). The van der Waals surface area contributed by atoms with E-state index in [1.54, 1.807) is 23.4 Å². The van der Waals surface area contributed by atoms with Gasteiger partial charge in [0.1, 0.15) is 17.3 Å². The highest BCUT2D eigenvalue weighted by Crippen LogP contribution is 2.40. The Kier molecular flexibility index (Phi) is 6.91. The van der Waals surface area contributed by atoms with Crippen molar-refractivity contribution in [3.63, 3.8) is 0 Å². The van der Waals surface area contributed by atoms with E-state index in [0.29, 0.717) is 21.6 Å². The van der Waals surface area contributed by atoms with E-state index in [9.17, 15) is 9.59 Å². The number of thioether (sulfide) groups is 2. The molecule has 0 saturated heterocycles. The maximum atomic E-state index is 13.4. The molecular weight excluding hydrogens is 529 g/mol. The van der Waals surface area contributed by atoms with Gasteiger partial charge in [-0.05, 0) is 36.1 Å². The number of anilines is 2. The number of rotatable bonds is 7. The van der Waals surface area contributed by atoms with Crippen molar-refractivity contribution in [3.8, 4) is 16.3 Å². The Labute approximate surface area is 223 Å². The number of H-pyrrole nitrogens is 2. The fraction of sp³-hybridized carbons (Fsp3) is 0.125. The molecule has 6 N–H and O–H groups in total. The van der Waals surface area contributed by atoms with Crippen molar-refractivity contribution in [2.75, 3.05) is 24.0 Å². The Balaban J connectivity index is 1.86. The van der Waals surface area contributed by atoms with Crippen LogP contribution in [-0.2, 0) is 0 Å². The number of aromatic amines is 2. The summed E-state index contributed by atoms with van der Waals surface area (Å²) in [5.41, 5.74) is 13.9. The zero-order valence-electron chi connectivity index (χ0n) is 19.8. The number of nitrogen functional groups attached to an aromatic ring is 2. The number of aromatic nitrogens is 6. The molecule has 37 heavy (non-hydrogen) atoms. The molecule has 0 saturated carbocycles. The molecule has 0 aliphatic heterocycles. The van der Waals surface area contributed by atoms with Crippen LogP contribution < -0.4 is 22.6 Å². The van der Waals surface area contributed by atoms with Crippen LogP contribution in [0.3, 0.4) is 0 Å². The molecular formula is C24H22N8O2S3. The summed E-state index contributed by atoms with van der Waals surface area (Å²) in [7, 11) is 0. The van der Waals surface area contributed by atoms with E-state index in [4.69, 9.17) is 16.6 Å². The predicted octanol–water partition coefficient (Wildman–Crippen LogP) is 3.56. The lowest BCUT2D eigenvalue weighted by Crippen LogP contribution is -2.28. The first kappa shape index (κ1) is 24.9. The largest absolute Gasteiger partial charge is 0.383 e. The molecule has 0 aliphatic carbocycles. The fourth-order valence-electron chi connectivity index (χ4n) is 4.08. The molecule has 0 fully saturated rings. The van der Waals surface area contributed by atoms with Crippen molar-refractivity contribution >= 4 is 46.5 Å². The van der Waals surface area contributed by atoms with Crippen LogP contribution in [0.15, 0.2) is 73.9 Å². The van der Waals surface area contributed by atoms with Gasteiger partial charge < -0.3 is 21.4 Å². The highest BCUT2D eigenvalue weighted by atomic mass is 32.2. The number of hydrogen-bond donors (Lipinski definition) is 4. The van der Waals surface area contributed by atoms with Crippen LogP contribution >= 0.6 is 34.9 Å². The fourth-order valence-corrected chi connectivity index (χ4v) is 5.58. The lowest BCUT2D eigenvalue weighted by atomic mass is 9.86. The quantitative estimate of drug-likeness (QED) is 0.175. The Morgan fingerprint density at radius 3 is 1.97 bits per heavy atom. The molecule has 5 rings (SSSR count). The maximum Gasteiger partial charge on any atom is 0.257 e. The van der Waals surface area contributed by atoms with E-state index >= 15 is 0 Å². The first-order chi connectivity index (χ1) is 17.9. The highest BCUT2D eigenvalue weighted by molar-refractivity contribution is 7.98. The van der Waals surface area contributed by atoms with Crippen LogP contribution in [0.4, 0.5) is 11.6 Å². The average Bonchev–Trinajstić information content (AvgIpc) is 3.57. The SMILES string of the molecule is CSc1nc(N)c(C(c2cn(-c3ccccc3)nc2-c2cccs2)c2c(N)nc(SC)[nH]c2=O)c(=O)[nH]1. The number of thiophene rings is 1. The van der Waals surface area contributed by atoms with Crippen LogP contribution in [0.5, 0.6) is 0 Å². The third kappa shape index (κ3) is 4.68. The molecule has 0 radical (unpaired) electrons. The Morgan fingerprint density at radius 1 is 0.892 bits per heavy atom. The van der Waals surface area contributed by atoms with Gasteiger partial charge in [-0.25, -0.2) is 14.6 Å². The first-order valence-electron chi connectivity index (χ1n) is 11.0. The van der Waals surface area contributed by atoms with Crippen LogP contribution in [0.25, 0.3) is 16.3 Å². The van der Waals surface area contributed by atoms with E-state index in [1.165, 1.54) is 34.9 Å². The van der Waals surface area contributed by atoms with Crippen molar-refractivity contribution in [1.29, 1.82) is 0 Å². The minimum atomic E-state index is -0.992. The summed E-state index contributed by atoms with van der Waals surface area (Å²) in [5.74, 6) is -1.00. The van der Waals surface area contributed by atoms with Crippen molar-refractivity contribution in [2.24, 2.45) is 0 Å². The summed E-state index contributed by atoms with van der Waals surface area (Å²) in [6.45, 7) is 0. The van der Waals surface area contributed by atoms with Crippen molar-refractivity contribution in [1.82, 2.24) is 29.7 Å². The van der Waals surface area contributed by atoms with Gasteiger partial charge in [-0.15, -0.1) is 11.3 Å². The van der Waals surface area contributed by atoms with Crippen LogP contribution in [0.1, 0.15) is 22.6 Å². The second-order valence-corrected chi connectivity index (χ2v) is 10.4. The highest BCUT2D eigenvalue weighted by Gasteiger charge is 2.33. The van der Waals surface area contributed by atoms with Crippen molar-refractivity contribution in [3.05, 3.63) is 91.4 Å². The summed E-state index contributed by atoms with van der Waals surface area (Å²) >= 11 is 3.99. The molecule has 4 aromatic heterocycles. The minimum Gasteiger partial charge on any atom is -0.383 e. The smallest absolute Gasteiger partial charge is 0.257 e. The molecule has 1 aromatic carbocycles. The zero-order valence-corrected chi connectivity index (χ0v) is 22.2. The summed E-state index contributed by atoms with van der Waals surface area (Å²) in [6.07, 6.45) is 5.35. The molecule has 0 atom stereocenters. The van der Waals surface area contributed by atoms with Gasteiger partial charge in [-0.1, -0.05) is 47.8 Å². The van der Waals surface area contributed by atoms with Gasteiger partial charge >= 0.3 is 0 Å². The monoisotopic (exact) mass is 550 g/mol. The lowest BCUT2D eigenvalue weighted by molar-refractivity contribution is 0.830.